The van der Waals surface area contributed by atoms with Crippen LogP contribution in [0, 0.1) is 5.82 Å². The minimum atomic E-state index is -0.331. The Hall–Kier alpha value is -2.90. The van der Waals surface area contributed by atoms with Crippen molar-refractivity contribution in [1.29, 1.82) is 0 Å². The minimum Gasteiger partial charge on any atom is -0.491 e. The molecule has 1 aliphatic rings. The second-order valence-corrected chi connectivity index (χ2v) is 9.59. The van der Waals surface area contributed by atoms with Crippen molar-refractivity contribution in [1.82, 2.24) is 9.80 Å². The lowest BCUT2D eigenvalue weighted by atomic mass is 10.0. The monoisotopic (exact) mass is 500 g/mol. The summed E-state index contributed by atoms with van der Waals surface area (Å²) >= 11 is 7.74. The van der Waals surface area contributed by atoms with Gasteiger partial charge in [-0.1, -0.05) is 24.6 Å². The topological polar surface area (TPSA) is 49.9 Å². The Labute approximate surface area is 207 Å². The molecule has 0 spiro atoms. The summed E-state index contributed by atoms with van der Waals surface area (Å²) in [5.41, 5.74) is 1.53. The van der Waals surface area contributed by atoms with E-state index in [1.54, 1.807) is 57.5 Å². The van der Waals surface area contributed by atoms with Crippen molar-refractivity contribution >= 4 is 34.8 Å². The molecule has 1 atom stereocenters. The number of nitrogens with zero attached hydrogens (tertiary/aromatic N) is 2. The van der Waals surface area contributed by atoms with Crippen LogP contribution in [0.15, 0.2) is 60.0 Å². The fraction of sp³-hybridized carbons (Fsp3) is 0.308. The van der Waals surface area contributed by atoms with Gasteiger partial charge in [-0.2, -0.15) is 0 Å². The molecule has 34 heavy (non-hydrogen) atoms. The van der Waals surface area contributed by atoms with Crippen LogP contribution in [0.2, 0.25) is 5.02 Å². The SMILES string of the molecule is CCCN(CC(=O)N1CCc2sccc2C1COc1ccc(F)cc1)C(=O)c1cccc(Cl)c1. The number of ether oxygens (including phenoxy) is 1. The van der Waals surface area contributed by atoms with Gasteiger partial charge in [0.2, 0.25) is 5.91 Å². The molecular weight excluding hydrogens is 475 g/mol. The quantitative estimate of drug-likeness (QED) is 0.404. The molecule has 0 bridgehead atoms. The van der Waals surface area contributed by atoms with E-state index in [1.807, 2.05) is 18.4 Å². The van der Waals surface area contributed by atoms with Crippen molar-refractivity contribution < 1.29 is 18.7 Å². The summed E-state index contributed by atoms with van der Waals surface area (Å²) in [5.74, 6) is -0.138. The highest BCUT2D eigenvalue weighted by atomic mass is 35.5. The average molecular weight is 501 g/mol. The van der Waals surface area contributed by atoms with E-state index in [4.69, 9.17) is 16.3 Å². The van der Waals surface area contributed by atoms with Crippen molar-refractivity contribution in [3.8, 4) is 5.75 Å². The molecule has 8 heteroatoms. The second-order valence-electron chi connectivity index (χ2n) is 8.15. The van der Waals surface area contributed by atoms with E-state index in [0.717, 1.165) is 18.4 Å². The number of carbonyl (C=O) groups is 2. The maximum absolute atomic E-state index is 13.5. The number of benzene rings is 2. The Morgan fingerprint density at radius 3 is 2.74 bits per heavy atom. The summed E-state index contributed by atoms with van der Waals surface area (Å²) in [6, 6.07) is 14.4. The lowest BCUT2D eigenvalue weighted by Gasteiger charge is -2.37. The van der Waals surface area contributed by atoms with Gasteiger partial charge in [0.05, 0.1) is 6.04 Å². The molecule has 1 unspecified atom stereocenters. The largest absolute Gasteiger partial charge is 0.491 e. The Bertz CT molecular complexity index is 1150. The van der Waals surface area contributed by atoms with Gasteiger partial charge in [0.15, 0.2) is 0 Å². The lowest BCUT2D eigenvalue weighted by molar-refractivity contribution is -0.135. The Morgan fingerprint density at radius 1 is 1.21 bits per heavy atom. The van der Waals surface area contributed by atoms with Crippen LogP contribution in [-0.4, -0.2) is 47.9 Å². The van der Waals surface area contributed by atoms with Crippen molar-refractivity contribution in [2.75, 3.05) is 26.2 Å². The van der Waals surface area contributed by atoms with Gasteiger partial charge >= 0.3 is 0 Å². The third-order valence-corrected chi connectivity index (χ3v) is 7.05. The summed E-state index contributed by atoms with van der Waals surface area (Å²) in [7, 11) is 0. The summed E-state index contributed by atoms with van der Waals surface area (Å²) in [6.07, 6.45) is 1.49. The first-order valence-electron chi connectivity index (χ1n) is 11.2. The Morgan fingerprint density at radius 2 is 2.00 bits per heavy atom. The summed E-state index contributed by atoms with van der Waals surface area (Å²) in [4.78, 5) is 31.2. The van der Waals surface area contributed by atoms with E-state index >= 15 is 0 Å². The van der Waals surface area contributed by atoms with Crippen LogP contribution >= 0.6 is 22.9 Å². The van der Waals surface area contributed by atoms with Crippen LogP contribution in [0.4, 0.5) is 4.39 Å². The molecule has 2 aromatic carbocycles. The average Bonchev–Trinajstić information content (AvgIpc) is 3.32. The molecule has 0 aliphatic carbocycles. The van der Waals surface area contributed by atoms with Gasteiger partial charge in [0, 0.05) is 28.6 Å². The maximum atomic E-state index is 13.5. The zero-order valence-corrected chi connectivity index (χ0v) is 20.4. The number of rotatable bonds is 8. The highest BCUT2D eigenvalue weighted by Gasteiger charge is 2.33. The molecule has 2 amide bonds. The first kappa shape index (κ1) is 24.2. The standard InChI is InChI=1S/C26H26ClFN2O3S/c1-2-12-29(26(32)18-4-3-5-19(27)15-18)16-25(31)30-13-10-24-22(11-14-34-24)23(30)17-33-21-8-6-20(28)7-9-21/h3-9,11,14-15,23H,2,10,12-13,16-17H2,1H3. The smallest absolute Gasteiger partial charge is 0.254 e. The Balaban J connectivity index is 1.51. The van der Waals surface area contributed by atoms with Crippen molar-refractivity contribution in [2.45, 2.75) is 25.8 Å². The number of thiophene rings is 1. The van der Waals surface area contributed by atoms with E-state index < -0.39 is 0 Å². The highest BCUT2D eigenvalue weighted by Crippen LogP contribution is 2.34. The fourth-order valence-electron chi connectivity index (χ4n) is 4.16. The molecule has 0 radical (unpaired) electrons. The molecule has 5 nitrogen and oxygen atoms in total. The molecule has 4 rings (SSSR count). The summed E-state index contributed by atoms with van der Waals surface area (Å²) < 4.78 is 19.2. The number of fused-ring (bicyclic) bond motifs is 1. The van der Waals surface area contributed by atoms with E-state index in [2.05, 4.69) is 0 Å². The van der Waals surface area contributed by atoms with Crippen LogP contribution in [0.25, 0.3) is 0 Å². The van der Waals surface area contributed by atoms with Gasteiger partial charge in [-0.15, -0.1) is 11.3 Å². The zero-order valence-electron chi connectivity index (χ0n) is 18.9. The van der Waals surface area contributed by atoms with E-state index in [9.17, 15) is 14.0 Å². The zero-order chi connectivity index (χ0) is 24.1. The first-order valence-corrected chi connectivity index (χ1v) is 12.5. The van der Waals surface area contributed by atoms with Crippen LogP contribution in [0.5, 0.6) is 5.75 Å². The van der Waals surface area contributed by atoms with Crippen LogP contribution in [0.1, 0.15) is 40.2 Å². The number of hydrogen-bond acceptors (Lipinski definition) is 4. The van der Waals surface area contributed by atoms with Crippen molar-refractivity contribution in [3.05, 3.63) is 86.8 Å². The van der Waals surface area contributed by atoms with Gasteiger partial charge in [-0.05, 0) is 72.3 Å². The van der Waals surface area contributed by atoms with Gasteiger partial charge in [0.25, 0.3) is 5.91 Å². The summed E-state index contributed by atoms with van der Waals surface area (Å²) in [6.45, 7) is 3.21. The third kappa shape index (κ3) is 5.59. The van der Waals surface area contributed by atoms with Crippen LogP contribution in [-0.2, 0) is 11.2 Å². The predicted molar refractivity (Wildman–Crippen MR) is 132 cm³/mol. The van der Waals surface area contributed by atoms with Gasteiger partial charge < -0.3 is 14.5 Å². The molecule has 0 fully saturated rings. The molecule has 2 heterocycles. The minimum absolute atomic E-state index is 0.0221. The van der Waals surface area contributed by atoms with Gasteiger partial charge in [0.1, 0.15) is 24.7 Å². The number of amides is 2. The van der Waals surface area contributed by atoms with Gasteiger partial charge in [-0.25, -0.2) is 4.39 Å². The first-order chi connectivity index (χ1) is 16.5. The van der Waals surface area contributed by atoms with E-state index in [1.165, 1.54) is 17.0 Å². The van der Waals surface area contributed by atoms with Crippen LogP contribution < -0.4 is 4.74 Å². The number of halogens is 2. The number of hydrogen-bond donors (Lipinski definition) is 0. The van der Waals surface area contributed by atoms with Gasteiger partial charge in [-0.3, -0.25) is 9.59 Å². The fourth-order valence-corrected chi connectivity index (χ4v) is 5.28. The molecule has 1 aromatic heterocycles. The predicted octanol–water partition coefficient (Wildman–Crippen LogP) is 5.60. The van der Waals surface area contributed by atoms with E-state index in [0.29, 0.717) is 29.4 Å². The normalized spacial score (nSPS) is 15.0. The van der Waals surface area contributed by atoms with Crippen molar-refractivity contribution in [2.24, 2.45) is 0 Å². The molecule has 0 N–H and O–H groups in total. The molecular formula is C26H26ClFN2O3S. The van der Waals surface area contributed by atoms with E-state index in [-0.39, 0.29) is 36.8 Å². The molecule has 1 aliphatic heterocycles. The Kier molecular flexibility index (Phi) is 7.85. The summed E-state index contributed by atoms with van der Waals surface area (Å²) in [5, 5.41) is 2.50. The molecule has 0 saturated carbocycles. The number of carbonyl (C=O) groups excluding carboxylic acids is 2. The molecule has 3 aromatic rings. The lowest BCUT2D eigenvalue weighted by Crippen LogP contribution is -2.48. The van der Waals surface area contributed by atoms with Crippen LogP contribution in [0.3, 0.4) is 0 Å². The highest BCUT2D eigenvalue weighted by molar-refractivity contribution is 7.10. The molecule has 178 valence electrons. The maximum Gasteiger partial charge on any atom is 0.254 e. The molecule has 0 saturated heterocycles. The third-order valence-electron chi connectivity index (χ3n) is 5.82. The second kappa shape index (κ2) is 11.0. The van der Waals surface area contributed by atoms with Crippen molar-refractivity contribution in [3.63, 3.8) is 0 Å².